The van der Waals surface area contributed by atoms with Crippen LogP contribution in [0.25, 0.3) is 48.8 Å². The van der Waals surface area contributed by atoms with Crippen LogP contribution in [0.3, 0.4) is 0 Å². The summed E-state index contributed by atoms with van der Waals surface area (Å²) < 4.78 is 0. The molecule has 6 aromatic heterocycles. The Labute approximate surface area is 305 Å². The molecular weight excluding hydrogens is 712 g/mol. The molecule has 0 amide bonds. The van der Waals surface area contributed by atoms with E-state index in [9.17, 15) is 0 Å². The molecule has 0 spiro atoms. The minimum Gasteiger partial charge on any atom is -0.168 e. The molecule has 0 aliphatic rings. The van der Waals surface area contributed by atoms with Crippen LogP contribution in [-0.4, -0.2) is 7.38 Å². The Kier molecular flexibility index (Phi) is 12.3. The first-order valence-electron chi connectivity index (χ1n) is 16.6. The Morgan fingerprint density at radius 3 is 1.07 bits per heavy atom. The maximum atomic E-state index is 6.47. The molecule has 0 aliphatic carbocycles. The Morgan fingerprint density at radius 2 is 0.717 bits per heavy atom. The molecular formula is C38H43ClS6Si. The standard InChI is InChI=1S/C38H43ClS6Si/c1-4-5-6-9-12-27-14-16-29(40-27)31-18-20-33(42-31)35-22-24-37(44-35)38-25-23-36(45-38)34-21-19-32(43-34)30-17-15-28(41-30)13-10-7-8-11-26-46(2,3)39/h14-25H,4-13,26H2,1-3H3. The molecule has 6 aromatic rings. The monoisotopic (exact) mass is 754 g/mol. The minimum atomic E-state index is -1.40. The van der Waals surface area contributed by atoms with E-state index in [-0.39, 0.29) is 0 Å². The van der Waals surface area contributed by atoms with Crippen molar-refractivity contribution in [2.75, 3.05) is 0 Å². The van der Waals surface area contributed by atoms with Crippen molar-refractivity contribution in [3.63, 3.8) is 0 Å². The van der Waals surface area contributed by atoms with E-state index in [1.165, 1.54) is 129 Å². The lowest BCUT2D eigenvalue weighted by Gasteiger charge is -2.11. The second-order valence-electron chi connectivity index (χ2n) is 12.6. The van der Waals surface area contributed by atoms with E-state index in [4.69, 9.17) is 11.1 Å². The Bertz CT molecular complexity index is 1800. The number of thiophene rings is 6. The molecule has 0 atom stereocenters. The van der Waals surface area contributed by atoms with E-state index in [0.29, 0.717) is 0 Å². The SMILES string of the molecule is CCCCCCc1ccc(-c2ccc(-c3ccc(-c4ccc(-c5ccc(-c6ccc(CCCCCC[Si](C)(C)Cl)s6)s5)s4)s3)s2)s1. The topological polar surface area (TPSA) is 0 Å². The van der Waals surface area contributed by atoms with Gasteiger partial charge in [-0.3, -0.25) is 0 Å². The van der Waals surface area contributed by atoms with E-state index >= 15 is 0 Å². The van der Waals surface area contributed by atoms with Gasteiger partial charge in [0, 0.05) is 58.5 Å². The van der Waals surface area contributed by atoms with Gasteiger partial charge in [0.05, 0.1) is 0 Å². The number of rotatable bonds is 17. The van der Waals surface area contributed by atoms with Crippen LogP contribution in [0.2, 0.25) is 19.1 Å². The lowest BCUT2D eigenvalue weighted by Crippen LogP contribution is -2.14. The van der Waals surface area contributed by atoms with Gasteiger partial charge in [-0.25, -0.2) is 0 Å². The van der Waals surface area contributed by atoms with Gasteiger partial charge in [-0.15, -0.1) is 68.0 Å². The summed E-state index contributed by atoms with van der Waals surface area (Å²) in [5, 5.41) is 0. The number of halogens is 1. The summed E-state index contributed by atoms with van der Waals surface area (Å²) in [5.74, 6) is 0. The highest BCUT2D eigenvalue weighted by Crippen LogP contribution is 2.46. The Hall–Kier alpha value is -1.29. The zero-order valence-corrected chi connectivity index (χ0v) is 33.7. The third-order valence-electron chi connectivity index (χ3n) is 8.18. The zero-order valence-electron chi connectivity index (χ0n) is 27.0. The molecule has 0 N–H and O–H groups in total. The summed E-state index contributed by atoms with van der Waals surface area (Å²) in [6, 6.07) is 29.0. The number of aryl methyl sites for hydroxylation is 2. The second-order valence-corrected chi connectivity index (χ2v) is 26.3. The van der Waals surface area contributed by atoms with Crippen molar-refractivity contribution in [2.24, 2.45) is 0 Å². The van der Waals surface area contributed by atoms with Crippen LogP contribution in [0, 0.1) is 0 Å². The molecule has 0 bridgehead atoms. The number of hydrogen-bond acceptors (Lipinski definition) is 6. The first-order chi connectivity index (χ1) is 22.3. The van der Waals surface area contributed by atoms with Crippen molar-refractivity contribution < 1.29 is 0 Å². The lowest BCUT2D eigenvalue weighted by molar-refractivity contribution is 0.667. The molecule has 0 unspecified atom stereocenters. The summed E-state index contributed by atoms with van der Waals surface area (Å²) in [6.45, 7) is 6.79. The Morgan fingerprint density at radius 1 is 0.413 bits per heavy atom. The molecule has 0 aromatic carbocycles. The van der Waals surface area contributed by atoms with Crippen molar-refractivity contribution in [3.05, 3.63) is 82.6 Å². The van der Waals surface area contributed by atoms with Gasteiger partial charge in [-0.05, 0) is 105 Å². The molecule has 0 nitrogen and oxygen atoms in total. The van der Waals surface area contributed by atoms with Crippen LogP contribution < -0.4 is 0 Å². The smallest absolute Gasteiger partial charge is 0.150 e. The van der Waals surface area contributed by atoms with E-state index in [1.807, 2.05) is 68.0 Å². The molecule has 0 aliphatic heterocycles. The largest absolute Gasteiger partial charge is 0.168 e. The van der Waals surface area contributed by atoms with E-state index in [1.54, 1.807) is 0 Å². The van der Waals surface area contributed by atoms with Crippen LogP contribution in [0.5, 0.6) is 0 Å². The van der Waals surface area contributed by atoms with Crippen LogP contribution in [0.1, 0.15) is 68.0 Å². The summed E-state index contributed by atoms with van der Waals surface area (Å²) in [6.07, 6.45) is 12.9. The van der Waals surface area contributed by atoms with Gasteiger partial charge < -0.3 is 0 Å². The first kappa shape index (κ1) is 34.6. The van der Waals surface area contributed by atoms with E-state index in [0.717, 1.165) is 0 Å². The van der Waals surface area contributed by atoms with Gasteiger partial charge in [0.25, 0.3) is 0 Å². The lowest BCUT2D eigenvalue weighted by atomic mass is 10.1. The van der Waals surface area contributed by atoms with Crippen LogP contribution in [0.15, 0.2) is 72.8 Å². The molecule has 242 valence electrons. The van der Waals surface area contributed by atoms with Gasteiger partial charge in [0.15, 0.2) is 0 Å². The van der Waals surface area contributed by atoms with E-state index < -0.39 is 7.38 Å². The second kappa shape index (κ2) is 16.4. The summed E-state index contributed by atoms with van der Waals surface area (Å²) in [7, 11) is -1.40. The maximum Gasteiger partial charge on any atom is 0.150 e. The first-order valence-corrected chi connectivity index (χ1v) is 25.7. The molecule has 6 rings (SSSR count). The van der Waals surface area contributed by atoms with Gasteiger partial charge in [-0.1, -0.05) is 58.5 Å². The van der Waals surface area contributed by atoms with Crippen molar-refractivity contribution in [1.82, 2.24) is 0 Å². The van der Waals surface area contributed by atoms with Gasteiger partial charge in [-0.2, -0.15) is 11.1 Å². The fourth-order valence-corrected chi connectivity index (χ4v) is 13.7. The van der Waals surface area contributed by atoms with Gasteiger partial charge >= 0.3 is 0 Å². The number of hydrogen-bond donors (Lipinski definition) is 0. The van der Waals surface area contributed by atoms with Crippen LogP contribution in [-0.2, 0) is 12.8 Å². The molecule has 0 saturated heterocycles. The van der Waals surface area contributed by atoms with Crippen LogP contribution >= 0.6 is 79.1 Å². The average molecular weight is 756 g/mol. The molecule has 0 radical (unpaired) electrons. The third kappa shape index (κ3) is 9.44. The summed E-state index contributed by atoms with van der Waals surface area (Å²) in [4.78, 5) is 16.8. The predicted molar refractivity (Wildman–Crippen MR) is 219 cm³/mol. The predicted octanol–water partition coefficient (Wildman–Crippen LogP) is 16.1. The fourth-order valence-electron chi connectivity index (χ4n) is 5.62. The Balaban J connectivity index is 1.03. The molecule has 46 heavy (non-hydrogen) atoms. The average Bonchev–Trinajstić information content (AvgIpc) is 3.87. The highest BCUT2D eigenvalue weighted by atomic mass is 35.6. The van der Waals surface area contributed by atoms with Crippen molar-refractivity contribution in [2.45, 2.75) is 90.3 Å². The maximum absolute atomic E-state index is 6.47. The highest BCUT2D eigenvalue weighted by molar-refractivity contribution is 7.30. The summed E-state index contributed by atoms with van der Waals surface area (Å²) >= 11 is 18.1. The third-order valence-corrected chi connectivity index (χ3v) is 17.9. The van der Waals surface area contributed by atoms with Gasteiger partial charge in [0.2, 0.25) is 0 Å². The van der Waals surface area contributed by atoms with Gasteiger partial charge in [0.1, 0.15) is 7.38 Å². The molecule has 6 heterocycles. The van der Waals surface area contributed by atoms with Crippen molar-refractivity contribution >= 4 is 86.5 Å². The summed E-state index contributed by atoms with van der Waals surface area (Å²) in [5.41, 5.74) is 0. The normalized spacial score (nSPS) is 12.0. The zero-order chi connectivity index (χ0) is 31.9. The fraction of sp³-hybridized carbons (Fsp3) is 0.368. The molecule has 0 fully saturated rings. The highest BCUT2D eigenvalue weighted by Gasteiger charge is 2.16. The van der Waals surface area contributed by atoms with Crippen molar-refractivity contribution in [1.29, 1.82) is 0 Å². The quantitative estimate of drug-likeness (QED) is 0.0494. The molecule has 8 heteroatoms. The molecule has 0 saturated carbocycles. The van der Waals surface area contributed by atoms with Crippen LogP contribution in [0.4, 0.5) is 0 Å². The number of unbranched alkanes of at least 4 members (excludes halogenated alkanes) is 6. The van der Waals surface area contributed by atoms with Crippen molar-refractivity contribution in [3.8, 4) is 48.8 Å². The van der Waals surface area contributed by atoms with E-state index in [2.05, 4.69) is 92.8 Å². The minimum absolute atomic E-state index is 1.20.